The molecule has 2 aliphatic heterocycles. The number of carbonyl (C=O) groups excluding carboxylic acids is 6. The van der Waals surface area contributed by atoms with Gasteiger partial charge in [-0.15, -0.1) is 6.58 Å². The van der Waals surface area contributed by atoms with E-state index < -0.39 is 98.7 Å². The van der Waals surface area contributed by atoms with Crippen molar-refractivity contribution in [3.8, 4) is 0 Å². The molecule has 0 aromatic heterocycles. The summed E-state index contributed by atoms with van der Waals surface area (Å²) in [6.07, 6.45) is 1.95. The molecule has 5 rings (SSSR count). The minimum absolute atomic E-state index is 0.0373. The molecule has 0 bridgehead atoms. The van der Waals surface area contributed by atoms with Gasteiger partial charge in [0.1, 0.15) is 35.1 Å². The molecule has 2 heterocycles. The normalized spacial score (nSPS) is 23.6. The molecule has 3 fully saturated rings. The molecular formula is C37H50FN7O10S. The fraction of sp³-hybridized carbons (Fsp3) is 0.568. The van der Waals surface area contributed by atoms with E-state index in [-0.39, 0.29) is 32.5 Å². The van der Waals surface area contributed by atoms with Gasteiger partial charge in [0, 0.05) is 43.6 Å². The number of benzene rings is 1. The third-order valence-corrected chi connectivity index (χ3v) is 11.6. The van der Waals surface area contributed by atoms with Crippen molar-refractivity contribution in [1.82, 2.24) is 35.4 Å². The van der Waals surface area contributed by atoms with Crippen LogP contribution in [-0.2, 0) is 51.8 Å². The summed E-state index contributed by atoms with van der Waals surface area (Å²) in [4.78, 5) is 85.2. The van der Waals surface area contributed by atoms with Crippen molar-refractivity contribution in [2.75, 3.05) is 33.7 Å². The Bertz CT molecular complexity index is 1900. The summed E-state index contributed by atoms with van der Waals surface area (Å²) in [5.41, 5.74) is -1.70. The lowest BCUT2D eigenvalue weighted by atomic mass is 10.1. The first-order chi connectivity index (χ1) is 26.2. The number of halogens is 1. The SMILES string of the molecule is C=C[C@@H]1C[C@]1(NC(=O)[C@@H]1CC(OC(=O)N2Cc3cccc(F)c3C2)CN1C(=O)[C@H](CNC(=O)C=CCN(C)C)NC(=O)OC(C)(C)C)C(=O)NS(=O)(=O)C1CC1. The fourth-order valence-corrected chi connectivity index (χ4v) is 7.97. The zero-order chi connectivity index (χ0) is 41.2. The number of rotatable bonds is 14. The van der Waals surface area contributed by atoms with Crippen LogP contribution < -0.4 is 20.7 Å². The van der Waals surface area contributed by atoms with E-state index in [0.29, 0.717) is 30.5 Å². The number of amides is 6. The molecule has 0 radical (unpaired) electrons. The molecule has 2 saturated carbocycles. The van der Waals surface area contributed by atoms with Crippen LogP contribution >= 0.6 is 0 Å². The highest BCUT2D eigenvalue weighted by molar-refractivity contribution is 7.91. The molecule has 0 spiro atoms. The molecule has 6 amide bonds. The minimum Gasteiger partial charge on any atom is -0.444 e. The maximum absolute atomic E-state index is 14.5. The van der Waals surface area contributed by atoms with Gasteiger partial charge in [0.25, 0.3) is 5.91 Å². The smallest absolute Gasteiger partial charge is 0.410 e. The first-order valence-electron chi connectivity index (χ1n) is 18.3. The highest BCUT2D eigenvalue weighted by Crippen LogP contribution is 2.45. The molecular weight excluding hydrogens is 754 g/mol. The van der Waals surface area contributed by atoms with Gasteiger partial charge in [0.15, 0.2) is 0 Å². The molecule has 1 aromatic rings. The molecule has 306 valence electrons. The largest absolute Gasteiger partial charge is 0.444 e. The number of likely N-dealkylation sites (N-methyl/N-ethyl adjacent to an activating group) is 1. The first kappa shape index (κ1) is 42.1. The second-order valence-electron chi connectivity index (χ2n) is 15.8. The number of carbonyl (C=O) groups is 6. The zero-order valence-corrected chi connectivity index (χ0v) is 32.9. The summed E-state index contributed by atoms with van der Waals surface area (Å²) in [7, 11) is -0.363. The van der Waals surface area contributed by atoms with Crippen LogP contribution in [0.4, 0.5) is 14.0 Å². The first-order valence-corrected chi connectivity index (χ1v) is 19.9. The molecule has 19 heteroatoms. The lowest BCUT2D eigenvalue weighted by Crippen LogP contribution is -2.59. The molecule has 5 atom stereocenters. The molecule has 17 nitrogen and oxygen atoms in total. The number of sulfonamides is 1. The Kier molecular flexibility index (Phi) is 12.5. The van der Waals surface area contributed by atoms with E-state index in [4.69, 9.17) is 9.47 Å². The van der Waals surface area contributed by atoms with Crippen molar-refractivity contribution in [1.29, 1.82) is 0 Å². The van der Waals surface area contributed by atoms with Crippen molar-refractivity contribution in [2.24, 2.45) is 5.92 Å². The molecule has 4 aliphatic rings. The summed E-state index contributed by atoms with van der Waals surface area (Å²) in [6.45, 7) is 8.24. The monoisotopic (exact) mass is 803 g/mol. The highest BCUT2D eigenvalue weighted by Gasteiger charge is 2.62. The zero-order valence-electron chi connectivity index (χ0n) is 32.1. The third kappa shape index (κ3) is 10.2. The Morgan fingerprint density at radius 3 is 2.45 bits per heavy atom. The van der Waals surface area contributed by atoms with Crippen LogP contribution in [0.15, 0.2) is 43.0 Å². The van der Waals surface area contributed by atoms with Crippen LogP contribution in [0.2, 0.25) is 0 Å². The van der Waals surface area contributed by atoms with Crippen LogP contribution in [0.3, 0.4) is 0 Å². The number of alkyl carbamates (subject to hydrolysis) is 1. The predicted octanol–water partition coefficient (Wildman–Crippen LogP) is 1.04. The fourth-order valence-electron chi connectivity index (χ4n) is 6.60. The van der Waals surface area contributed by atoms with Gasteiger partial charge in [-0.25, -0.2) is 22.4 Å². The van der Waals surface area contributed by atoms with E-state index in [0.717, 1.165) is 4.90 Å². The predicted molar refractivity (Wildman–Crippen MR) is 199 cm³/mol. The Morgan fingerprint density at radius 1 is 1.12 bits per heavy atom. The molecule has 4 N–H and O–H groups in total. The maximum atomic E-state index is 14.5. The standard InChI is InChI=1S/C37H50FN7O10S/c1-7-23-17-37(23,33(49)42-56(52,53)25-13-14-25)41-31(47)29-16-24(54-35(51)44-19-22-10-8-11-27(38)26(22)21-44)20-45(29)32(48)28(40-34(50)55-36(2,3)4)18-39-30(46)12-9-15-43(5)6/h7-12,23-25,28-29H,1,13-21H2,2-6H3,(H,39,46)(H,40,50)(H,41,47)(H,42,49)/t23-,24?,28+,29+,37-/m1/s1. The number of fused-ring (bicyclic) bond motifs is 1. The molecule has 2 aliphatic carbocycles. The Morgan fingerprint density at radius 2 is 1.84 bits per heavy atom. The maximum Gasteiger partial charge on any atom is 0.410 e. The number of nitrogens with one attached hydrogen (secondary N) is 4. The quantitative estimate of drug-likeness (QED) is 0.154. The van der Waals surface area contributed by atoms with E-state index in [2.05, 4.69) is 27.3 Å². The van der Waals surface area contributed by atoms with Gasteiger partial charge in [0.05, 0.1) is 18.3 Å². The Labute approximate surface area is 325 Å². The van der Waals surface area contributed by atoms with Crippen molar-refractivity contribution in [3.05, 3.63) is 60.0 Å². The number of nitrogens with zero attached hydrogens (tertiary/aromatic N) is 3. The Balaban J connectivity index is 1.38. The van der Waals surface area contributed by atoms with E-state index >= 15 is 0 Å². The average Bonchev–Trinajstić information content (AvgIpc) is 3.99. The van der Waals surface area contributed by atoms with Gasteiger partial charge >= 0.3 is 12.2 Å². The van der Waals surface area contributed by atoms with Crippen molar-refractivity contribution in [3.63, 3.8) is 0 Å². The van der Waals surface area contributed by atoms with Crippen LogP contribution in [0.5, 0.6) is 0 Å². The van der Waals surface area contributed by atoms with Crippen LogP contribution in [0, 0.1) is 11.7 Å². The molecule has 1 saturated heterocycles. The second kappa shape index (κ2) is 16.6. The van der Waals surface area contributed by atoms with Gasteiger partial charge in [-0.1, -0.05) is 24.3 Å². The van der Waals surface area contributed by atoms with Crippen LogP contribution in [-0.4, -0.2) is 127 Å². The van der Waals surface area contributed by atoms with Crippen LogP contribution in [0.1, 0.15) is 57.6 Å². The molecule has 1 unspecified atom stereocenters. The van der Waals surface area contributed by atoms with Gasteiger partial charge in [0.2, 0.25) is 27.7 Å². The third-order valence-electron chi connectivity index (χ3n) is 9.76. The Hall–Kier alpha value is -5.04. The van der Waals surface area contributed by atoms with Crippen molar-refractivity contribution in [2.45, 2.75) is 94.1 Å². The number of ether oxygens (including phenoxy) is 2. The minimum atomic E-state index is -3.98. The van der Waals surface area contributed by atoms with Gasteiger partial charge in [-0.3, -0.25) is 28.8 Å². The van der Waals surface area contributed by atoms with E-state index in [1.54, 1.807) is 32.9 Å². The van der Waals surface area contributed by atoms with E-state index in [1.807, 2.05) is 19.0 Å². The second-order valence-corrected chi connectivity index (χ2v) is 17.7. The number of hydrogen-bond acceptors (Lipinski definition) is 11. The molecule has 56 heavy (non-hydrogen) atoms. The highest BCUT2D eigenvalue weighted by atomic mass is 32.2. The number of hydrogen-bond donors (Lipinski definition) is 4. The van der Waals surface area contributed by atoms with Gasteiger partial charge in [-0.2, -0.15) is 0 Å². The summed E-state index contributed by atoms with van der Waals surface area (Å²) in [5, 5.41) is 6.98. The van der Waals surface area contributed by atoms with Gasteiger partial charge < -0.3 is 35.2 Å². The topological polar surface area (TPSA) is 213 Å². The summed E-state index contributed by atoms with van der Waals surface area (Å²) in [6, 6.07) is 1.62. The summed E-state index contributed by atoms with van der Waals surface area (Å²) in [5.74, 6) is -4.33. The lowest BCUT2D eigenvalue weighted by molar-refractivity contribution is -0.141. The van der Waals surface area contributed by atoms with Gasteiger partial charge in [-0.05, 0) is 65.8 Å². The van der Waals surface area contributed by atoms with E-state index in [1.165, 1.54) is 29.2 Å². The average molecular weight is 804 g/mol. The summed E-state index contributed by atoms with van der Waals surface area (Å²) < 4.78 is 53.0. The molecule has 1 aromatic carbocycles. The number of likely N-dealkylation sites (tertiary alicyclic amines) is 1. The van der Waals surface area contributed by atoms with E-state index in [9.17, 15) is 41.6 Å². The summed E-state index contributed by atoms with van der Waals surface area (Å²) >= 11 is 0. The van der Waals surface area contributed by atoms with Crippen LogP contribution in [0.25, 0.3) is 0 Å². The van der Waals surface area contributed by atoms with Crippen molar-refractivity contribution < 1.29 is 51.0 Å². The van der Waals surface area contributed by atoms with Crippen molar-refractivity contribution >= 4 is 45.8 Å². The lowest BCUT2D eigenvalue weighted by Gasteiger charge is -2.30.